The first kappa shape index (κ1) is 48.5. The number of hydrogen-bond acceptors (Lipinski definition) is 8. The fraction of sp³-hybridized carbons (Fsp3) is 0.659. The van der Waals surface area contributed by atoms with Gasteiger partial charge in [0.25, 0.3) is 0 Å². The summed E-state index contributed by atoms with van der Waals surface area (Å²) >= 11 is 0. The van der Waals surface area contributed by atoms with Gasteiger partial charge in [-0.1, -0.05) is 125 Å². The van der Waals surface area contributed by atoms with Crippen LogP contribution >= 0.6 is 7.82 Å². The van der Waals surface area contributed by atoms with Gasteiger partial charge in [-0.2, -0.15) is 0 Å². The first-order valence-corrected chi connectivity index (χ1v) is 20.9. The van der Waals surface area contributed by atoms with E-state index in [-0.39, 0.29) is 32.6 Å². The fourth-order valence-electron chi connectivity index (χ4n) is 4.70. The molecule has 1 unspecified atom stereocenters. The van der Waals surface area contributed by atoms with E-state index in [1.807, 2.05) is 0 Å². The molecule has 0 aromatic carbocycles. The molecular formula is C41H70NO8P. The molecule has 0 heterocycles. The van der Waals surface area contributed by atoms with Crippen molar-refractivity contribution in [3.05, 3.63) is 72.9 Å². The lowest BCUT2D eigenvalue weighted by molar-refractivity contribution is -0.161. The number of carbonyl (C=O) groups excluding carboxylic acids is 2. The number of esters is 2. The van der Waals surface area contributed by atoms with Crippen molar-refractivity contribution in [1.82, 2.24) is 0 Å². The van der Waals surface area contributed by atoms with E-state index in [1.165, 1.54) is 12.8 Å². The topological polar surface area (TPSA) is 134 Å². The zero-order valence-corrected chi connectivity index (χ0v) is 32.7. The summed E-state index contributed by atoms with van der Waals surface area (Å²) in [6, 6.07) is 0. The van der Waals surface area contributed by atoms with Crippen LogP contribution in [0.5, 0.6) is 0 Å². The van der Waals surface area contributed by atoms with Gasteiger partial charge in [0.15, 0.2) is 6.10 Å². The summed E-state index contributed by atoms with van der Waals surface area (Å²) in [5.74, 6) is -0.887. The van der Waals surface area contributed by atoms with Crippen LogP contribution in [-0.4, -0.2) is 49.3 Å². The Balaban J connectivity index is 4.28. The Morgan fingerprint density at radius 1 is 0.608 bits per heavy atom. The van der Waals surface area contributed by atoms with Crippen LogP contribution in [-0.2, 0) is 32.7 Å². The number of unbranched alkanes of at least 4 members (excludes halogenated alkanes) is 10. The molecule has 0 saturated heterocycles. The summed E-state index contributed by atoms with van der Waals surface area (Å²) < 4.78 is 32.6. The molecule has 0 aliphatic rings. The lowest BCUT2D eigenvalue weighted by Crippen LogP contribution is -2.29. The molecule has 9 nitrogen and oxygen atoms in total. The molecule has 0 aliphatic carbocycles. The number of phosphoric acid groups is 1. The van der Waals surface area contributed by atoms with E-state index in [1.54, 1.807) is 0 Å². The normalized spacial score (nSPS) is 14.2. The highest BCUT2D eigenvalue weighted by atomic mass is 31.2. The van der Waals surface area contributed by atoms with E-state index in [0.29, 0.717) is 12.8 Å². The quantitative estimate of drug-likeness (QED) is 0.0282. The molecule has 10 heteroatoms. The van der Waals surface area contributed by atoms with Crippen molar-refractivity contribution in [2.45, 2.75) is 148 Å². The summed E-state index contributed by atoms with van der Waals surface area (Å²) in [6.07, 6.45) is 43.6. The maximum Gasteiger partial charge on any atom is 0.472 e. The lowest BCUT2D eigenvalue weighted by Gasteiger charge is -2.19. The van der Waals surface area contributed by atoms with Gasteiger partial charge in [-0.05, 0) is 77.0 Å². The Morgan fingerprint density at radius 3 is 1.65 bits per heavy atom. The molecule has 0 aliphatic heterocycles. The number of phosphoric ester groups is 1. The minimum Gasteiger partial charge on any atom is -0.462 e. The Labute approximate surface area is 310 Å². The summed E-state index contributed by atoms with van der Waals surface area (Å²) in [4.78, 5) is 34.7. The molecule has 0 fully saturated rings. The number of nitrogens with two attached hydrogens (primary N) is 1. The predicted molar refractivity (Wildman–Crippen MR) is 210 cm³/mol. The number of hydrogen-bond donors (Lipinski definition) is 2. The van der Waals surface area contributed by atoms with Gasteiger partial charge in [-0.25, -0.2) is 4.57 Å². The number of allylic oxidation sites excluding steroid dienone is 12. The molecule has 292 valence electrons. The smallest absolute Gasteiger partial charge is 0.462 e. The average Bonchev–Trinajstić information content (AvgIpc) is 3.11. The highest BCUT2D eigenvalue weighted by Gasteiger charge is 2.25. The van der Waals surface area contributed by atoms with Gasteiger partial charge in [-0.3, -0.25) is 18.6 Å². The Bertz CT molecular complexity index is 1070. The first-order valence-electron chi connectivity index (χ1n) is 19.4. The summed E-state index contributed by atoms with van der Waals surface area (Å²) in [6.45, 7) is 3.49. The van der Waals surface area contributed by atoms with Crippen LogP contribution in [0.15, 0.2) is 72.9 Å². The van der Waals surface area contributed by atoms with Crippen molar-refractivity contribution in [2.24, 2.45) is 5.73 Å². The molecular weight excluding hydrogens is 665 g/mol. The van der Waals surface area contributed by atoms with Gasteiger partial charge in [0.05, 0.1) is 13.2 Å². The van der Waals surface area contributed by atoms with E-state index in [9.17, 15) is 19.0 Å². The van der Waals surface area contributed by atoms with Crippen molar-refractivity contribution >= 4 is 19.8 Å². The molecule has 3 N–H and O–H groups in total. The van der Waals surface area contributed by atoms with E-state index < -0.39 is 32.5 Å². The minimum atomic E-state index is -4.38. The first-order chi connectivity index (χ1) is 24.8. The molecule has 0 amide bonds. The molecule has 0 spiro atoms. The van der Waals surface area contributed by atoms with Crippen LogP contribution < -0.4 is 5.73 Å². The number of rotatable bonds is 35. The second-order valence-electron chi connectivity index (χ2n) is 12.4. The van der Waals surface area contributed by atoms with E-state index in [4.69, 9.17) is 24.3 Å². The largest absolute Gasteiger partial charge is 0.472 e. The second-order valence-corrected chi connectivity index (χ2v) is 13.9. The minimum absolute atomic E-state index is 0.0436. The second kappa shape index (κ2) is 37.2. The monoisotopic (exact) mass is 735 g/mol. The van der Waals surface area contributed by atoms with Crippen LogP contribution in [0.3, 0.4) is 0 Å². The number of ether oxygens (including phenoxy) is 2. The standard InChI is InChI=1S/C41H70NO8P/c1-3-5-7-9-11-13-15-16-17-18-19-20-21-22-24-25-27-29-31-33-40(43)47-37-39(38-49-51(45,46)48-36-35-42)50-41(44)34-32-30-28-26-23-14-12-10-8-6-4-2/h5,7,10-13,16-17,19-20,22,24,39H,3-4,6,8-9,14-15,18,21,23,25-38,42H2,1-2H3,(H,45,46)/t39-/m1/s1. The van der Waals surface area contributed by atoms with Gasteiger partial charge in [-0.15, -0.1) is 0 Å². The maximum absolute atomic E-state index is 12.5. The van der Waals surface area contributed by atoms with Crippen LogP contribution in [0.4, 0.5) is 0 Å². The van der Waals surface area contributed by atoms with Crippen molar-refractivity contribution in [2.75, 3.05) is 26.4 Å². The van der Waals surface area contributed by atoms with Crippen molar-refractivity contribution in [1.29, 1.82) is 0 Å². The highest BCUT2D eigenvalue weighted by molar-refractivity contribution is 7.47. The summed E-state index contributed by atoms with van der Waals surface area (Å²) in [7, 11) is -4.38. The molecule has 0 radical (unpaired) electrons. The summed E-state index contributed by atoms with van der Waals surface area (Å²) in [5.41, 5.74) is 5.33. The predicted octanol–water partition coefficient (Wildman–Crippen LogP) is 10.7. The van der Waals surface area contributed by atoms with Gasteiger partial charge in [0.2, 0.25) is 0 Å². The lowest BCUT2D eigenvalue weighted by atomic mass is 10.1. The van der Waals surface area contributed by atoms with Crippen LogP contribution in [0.2, 0.25) is 0 Å². The zero-order chi connectivity index (χ0) is 37.5. The fourth-order valence-corrected chi connectivity index (χ4v) is 5.46. The van der Waals surface area contributed by atoms with Crippen molar-refractivity contribution in [3.8, 4) is 0 Å². The van der Waals surface area contributed by atoms with Crippen molar-refractivity contribution in [3.63, 3.8) is 0 Å². The van der Waals surface area contributed by atoms with Crippen LogP contribution in [0.1, 0.15) is 142 Å². The molecule has 0 rings (SSSR count). The molecule has 51 heavy (non-hydrogen) atoms. The number of carbonyl (C=O) groups is 2. The third-order valence-corrected chi connectivity index (χ3v) is 8.56. The van der Waals surface area contributed by atoms with E-state index >= 15 is 0 Å². The average molecular weight is 736 g/mol. The molecule has 0 aromatic rings. The molecule has 2 atom stereocenters. The van der Waals surface area contributed by atoms with Gasteiger partial charge < -0.3 is 20.1 Å². The summed E-state index contributed by atoms with van der Waals surface area (Å²) in [5, 5.41) is 0. The van der Waals surface area contributed by atoms with E-state index in [0.717, 1.165) is 89.9 Å². The zero-order valence-electron chi connectivity index (χ0n) is 31.8. The Morgan fingerprint density at radius 2 is 1.08 bits per heavy atom. The third-order valence-electron chi connectivity index (χ3n) is 7.58. The van der Waals surface area contributed by atoms with Crippen molar-refractivity contribution < 1.29 is 37.6 Å². The van der Waals surface area contributed by atoms with Crippen LogP contribution in [0.25, 0.3) is 0 Å². The third kappa shape index (κ3) is 37.0. The van der Waals surface area contributed by atoms with Gasteiger partial charge >= 0.3 is 19.8 Å². The molecule has 0 aromatic heterocycles. The molecule has 0 bridgehead atoms. The SMILES string of the molecule is CCC=CCC=CCC=CCC=CCC=CCCCCCC(=O)OC[C@H](COP(=O)(O)OCCN)OC(=O)CCCCCCCC=CCCCC. The Hall–Kier alpha value is -2.55. The molecule has 0 saturated carbocycles. The van der Waals surface area contributed by atoms with E-state index in [2.05, 4.69) is 86.8 Å². The Kier molecular flexibility index (Phi) is 35.4. The van der Waals surface area contributed by atoms with Crippen LogP contribution in [0, 0.1) is 0 Å². The van der Waals surface area contributed by atoms with Gasteiger partial charge in [0, 0.05) is 19.4 Å². The highest BCUT2D eigenvalue weighted by Crippen LogP contribution is 2.43. The maximum atomic E-state index is 12.5. The van der Waals surface area contributed by atoms with Gasteiger partial charge in [0.1, 0.15) is 6.61 Å².